The predicted molar refractivity (Wildman–Crippen MR) is 190 cm³/mol. The molecule has 0 atom stereocenters. The predicted octanol–water partition coefficient (Wildman–Crippen LogP) is 12.6. The van der Waals surface area contributed by atoms with Crippen molar-refractivity contribution in [3.05, 3.63) is 170 Å². The number of fused-ring (bicyclic) bond motifs is 5. The number of furan rings is 1. The molecular weight excluding hydrogens is 544 g/mol. The van der Waals surface area contributed by atoms with E-state index in [4.69, 9.17) is 14.0 Å². The van der Waals surface area contributed by atoms with E-state index < -0.39 is 18.1 Å². The maximum Gasteiger partial charge on any atom is 0.136 e. The van der Waals surface area contributed by atoms with Crippen molar-refractivity contribution >= 4 is 43.5 Å². The molecule has 0 fully saturated rings. The van der Waals surface area contributed by atoms with Crippen LogP contribution in [0.25, 0.3) is 88.0 Å². The van der Waals surface area contributed by atoms with Crippen molar-refractivity contribution in [1.82, 2.24) is 0 Å². The number of hydrogen-bond donors (Lipinski definition) is 0. The maximum atomic E-state index is 9.54. The monoisotopic (exact) mass is 581 g/mol. The molecule has 0 N–H and O–H groups in total. The van der Waals surface area contributed by atoms with E-state index in [2.05, 4.69) is 0 Å². The van der Waals surface area contributed by atoms with Crippen LogP contribution in [0.2, 0.25) is 0 Å². The van der Waals surface area contributed by atoms with Gasteiger partial charge in [-0.2, -0.15) is 0 Å². The molecule has 0 aliphatic carbocycles. The van der Waals surface area contributed by atoms with Crippen LogP contribution in [-0.2, 0) is 0 Å². The summed E-state index contributed by atoms with van der Waals surface area (Å²) in [6.45, 7) is 0. The Morgan fingerprint density at radius 2 is 0.956 bits per heavy atom. The van der Waals surface area contributed by atoms with E-state index in [9.17, 15) is 2.74 Å². The summed E-state index contributed by atoms with van der Waals surface area (Å²) in [6.07, 6.45) is 0. The molecule has 45 heavy (non-hydrogen) atoms. The van der Waals surface area contributed by atoms with Gasteiger partial charge in [0.25, 0.3) is 0 Å². The van der Waals surface area contributed by atoms with Crippen LogP contribution in [0.3, 0.4) is 0 Å². The molecule has 0 aliphatic rings. The summed E-state index contributed by atoms with van der Waals surface area (Å²) in [5.41, 5.74) is 4.58. The summed E-state index contributed by atoms with van der Waals surface area (Å²) in [6, 6.07) is 32.9. The van der Waals surface area contributed by atoms with Crippen LogP contribution >= 0.6 is 0 Å². The number of rotatable bonds is 4. The molecule has 1 heteroatoms. The lowest BCUT2D eigenvalue weighted by Gasteiger charge is -2.20. The van der Waals surface area contributed by atoms with Crippen LogP contribution in [0.15, 0.2) is 174 Å². The quantitative estimate of drug-likeness (QED) is 0.188. The molecule has 210 valence electrons. The van der Waals surface area contributed by atoms with Crippen molar-refractivity contribution in [2.24, 2.45) is 0 Å². The van der Waals surface area contributed by atoms with Crippen molar-refractivity contribution in [3.63, 3.8) is 0 Å². The van der Waals surface area contributed by atoms with E-state index in [-0.39, 0.29) is 52.9 Å². The summed E-state index contributed by atoms with van der Waals surface area (Å²) in [5, 5.41) is 4.48. The molecule has 9 aromatic rings. The second-order valence-electron chi connectivity index (χ2n) is 10.9. The highest BCUT2D eigenvalue weighted by Gasteiger charge is 2.21. The Hall–Kier alpha value is -5.92. The lowest BCUT2D eigenvalue weighted by atomic mass is 9.83. The third-order valence-corrected chi connectivity index (χ3v) is 8.42. The molecule has 8 aromatic carbocycles. The van der Waals surface area contributed by atoms with Crippen LogP contribution in [0.4, 0.5) is 0 Å². The van der Waals surface area contributed by atoms with E-state index in [1.54, 1.807) is 18.2 Å². The average molecular weight is 582 g/mol. The Morgan fingerprint density at radius 3 is 1.67 bits per heavy atom. The normalized spacial score (nSPS) is 14.4. The molecule has 0 saturated heterocycles. The Kier molecular flexibility index (Phi) is 4.15. The standard InChI is InChI=1S/C44H28O/c1-3-14-29(15-4-1)31-18-13-19-32(26-31)43-34-21-7-9-23-36(34)44(37-24-10-8-22-35(37)43)40-27-39-33-20-11-12-25-41(33)45-42(39)28-38(40)30-16-5-2-6-17-30/h1-28H/i2D,5D,6D,13D,16D,17D,18D,19D,26D. The maximum absolute atomic E-state index is 9.54. The van der Waals surface area contributed by atoms with Crippen LogP contribution in [0, 0.1) is 0 Å². The second kappa shape index (κ2) is 10.4. The van der Waals surface area contributed by atoms with Gasteiger partial charge in [-0.25, -0.2) is 0 Å². The third kappa shape index (κ3) is 4.17. The third-order valence-electron chi connectivity index (χ3n) is 8.42. The molecule has 9 rings (SSSR count). The zero-order chi connectivity index (χ0) is 37.6. The summed E-state index contributed by atoms with van der Waals surface area (Å²) in [4.78, 5) is 0. The molecule has 0 unspecified atom stereocenters. The fourth-order valence-electron chi connectivity index (χ4n) is 6.48. The topological polar surface area (TPSA) is 13.1 Å². The molecule has 1 heterocycles. The number of para-hydroxylation sites is 1. The van der Waals surface area contributed by atoms with E-state index in [1.807, 2.05) is 97.1 Å². The van der Waals surface area contributed by atoms with Gasteiger partial charge in [-0.1, -0.05) is 145 Å². The van der Waals surface area contributed by atoms with Crippen molar-refractivity contribution in [2.75, 3.05) is 0 Å². The first-order valence-corrected chi connectivity index (χ1v) is 14.7. The van der Waals surface area contributed by atoms with Gasteiger partial charge < -0.3 is 4.42 Å². The van der Waals surface area contributed by atoms with E-state index >= 15 is 0 Å². The highest BCUT2D eigenvalue weighted by molar-refractivity contribution is 6.23. The molecular formula is C44H28O. The van der Waals surface area contributed by atoms with Gasteiger partial charge in [0.15, 0.2) is 0 Å². The van der Waals surface area contributed by atoms with Crippen LogP contribution in [0.5, 0.6) is 0 Å². The van der Waals surface area contributed by atoms with Crippen LogP contribution in [0.1, 0.15) is 12.3 Å². The molecule has 0 saturated carbocycles. The van der Waals surface area contributed by atoms with Crippen LogP contribution < -0.4 is 0 Å². The Morgan fingerprint density at radius 1 is 0.378 bits per heavy atom. The fourth-order valence-corrected chi connectivity index (χ4v) is 6.48. The van der Waals surface area contributed by atoms with E-state index in [1.165, 1.54) is 0 Å². The minimum absolute atomic E-state index is 0.0265. The summed E-state index contributed by atoms with van der Waals surface area (Å²) >= 11 is 0. The van der Waals surface area contributed by atoms with Crippen molar-refractivity contribution in [1.29, 1.82) is 0 Å². The lowest BCUT2D eigenvalue weighted by Crippen LogP contribution is -1.93. The van der Waals surface area contributed by atoms with Gasteiger partial charge >= 0.3 is 0 Å². The lowest BCUT2D eigenvalue weighted by molar-refractivity contribution is 0.669. The van der Waals surface area contributed by atoms with Gasteiger partial charge in [-0.15, -0.1) is 0 Å². The first kappa shape index (κ1) is 18.0. The number of hydrogen-bond acceptors (Lipinski definition) is 1. The van der Waals surface area contributed by atoms with E-state index in [0.717, 1.165) is 27.1 Å². The van der Waals surface area contributed by atoms with Gasteiger partial charge in [0, 0.05) is 10.8 Å². The molecule has 0 radical (unpaired) electrons. The summed E-state index contributed by atoms with van der Waals surface area (Å²) < 4.78 is 86.2. The molecule has 0 amide bonds. The van der Waals surface area contributed by atoms with Crippen molar-refractivity contribution < 1.29 is 16.8 Å². The molecule has 1 aromatic heterocycles. The summed E-state index contributed by atoms with van der Waals surface area (Å²) in [5.74, 6) is 0. The van der Waals surface area contributed by atoms with Gasteiger partial charge in [0.05, 0.1) is 12.3 Å². The average Bonchev–Trinajstić information content (AvgIpc) is 3.56. The fraction of sp³-hybridized carbons (Fsp3) is 0. The largest absolute Gasteiger partial charge is 0.456 e. The zero-order valence-electron chi connectivity index (χ0n) is 32.9. The Balaban J connectivity index is 1.47. The zero-order valence-corrected chi connectivity index (χ0v) is 23.9. The molecule has 1 nitrogen and oxygen atoms in total. The second-order valence-corrected chi connectivity index (χ2v) is 10.9. The van der Waals surface area contributed by atoms with Gasteiger partial charge in [-0.3, -0.25) is 0 Å². The molecule has 0 aliphatic heterocycles. The molecule has 0 bridgehead atoms. The van der Waals surface area contributed by atoms with Crippen molar-refractivity contribution in [3.8, 4) is 44.5 Å². The van der Waals surface area contributed by atoms with Gasteiger partial charge in [0.2, 0.25) is 0 Å². The number of benzene rings is 8. The molecule has 0 spiro atoms. The highest BCUT2D eigenvalue weighted by atomic mass is 16.3. The summed E-state index contributed by atoms with van der Waals surface area (Å²) in [7, 11) is 0. The first-order chi connectivity index (χ1) is 26.1. The van der Waals surface area contributed by atoms with Gasteiger partial charge in [0.1, 0.15) is 11.2 Å². The van der Waals surface area contributed by atoms with E-state index in [0.29, 0.717) is 44.2 Å². The minimum Gasteiger partial charge on any atom is -0.456 e. The highest BCUT2D eigenvalue weighted by Crippen LogP contribution is 2.48. The Labute approximate surface area is 274 Å². The smallest absolute Gasteiger partial charge is 0.136 e. The SMILES string of the molecule is [2H]c1c([2H])c([2H])c(-c2cc3oc4ccccc4c3cc2-c2c3ccccc3c(-c3c([2H])c([2H])c([2H])c(-c4ccccc4)c3[2H])c3ccccc23)c([2H])c1[2H]. The first-order valence-electron chi connectivity index (χ1n) is 19.2. The van der Waals surface area contributed by atoms with Gasteiger partial charge in [-0.05, 0) is 90.3 Å². The minimum atomic E-state index is -0.486. The Bertz CT molecular complexity index is 2960. The van der Waals surface area contributed by atoms with Crippen molar-refractivity contribution in [2.45, 2.75) is 0 Å². The van der Waals surface area contributed by atoms with Crippen LogP contribution in [-0.4, -0.2) is 0 Å².